The summed E-state index contributed by atoms with van der Waals surface area (Å²) in [6.45, 7) is 0. The van der Waals surface area contributed by atoms with Gasteiger partial charge in [-0.3, -0.25) is 0 Å². The Labute approximate surface area is 99.9 Å². The molecule has 0 bridgehead atoms. The summed E-state index contributed by atoms with van der Waals surface area (Å²) >= 11 is 0. The molecule has 0 radical (unpaired) electrons. The van der Waals surface area contributed by atoms with Gasteiger partial charge in [0, 0.05) is 6.04 Å². The summed E-state index contributed by atoms with van der Waals surface area (Å²) in [7, 11) is -2.97. The summed E-state index contributed by atoms with van der Waals surface area (Å²) in [5, 5.41) is 3.00. The normalized spacial score (nSPS) is 23.2. The van der Waals surface area contributed by atoms with E-state index in [0.29, 0.717) is 12.1 Å². The van der Waals surface area contributed by atoms with E-state index in [9.17, 15) is 12.8 Å². The molecule has 1 aliphatic rings. The summed E-state index contributed by atoms with van der Waals surface area (Å²) in [5.41, 5.74) is 6.08. The molecule has 17 heavy (non-hydrogen) atoms. The lowest BCUT2D eigenvalue weighted by Gasteiger charge is -2.24. The highest BCUT2D eigenvalue weighted by atomic mass is 32.2. The Kier molecular flexibility index (Phi) is 3.24. The predicted octanol–water partition coefficient (Wildman–Crippen LogP) is 1.40. The van der Waals surface area contributed by atoms with E-state index in [1.54, 1.807) is 12.1 Å². The van der Waals surface area contributed by atoms with Crippen LogP contribution in [0.25, 0.3) is 0 Å². The van der Waals surface area contributed by atoms with Gasteiger partial charge in [0.1, 0.15) is 5.82 Å². The number of sulfone groups is 1. The number of nitrogen functional groups attached to an aromatic ring is 1. The van der Waals surface area contributed by atoms with Crippen molar-refractivity contribution in [3.8, 4) is 0 Å². The van der Waals surface area contributed by atoms with Crippen molar-refractivity contribution in [3.05, 3.63) is 24.0 Å². The number of halogens is 1. The zero-order chi connectivity index (χ0) is 12.5. The fraction of sp³-hybridized carbons (Fsp3) is 0.455. The van der Waals surface area contributed by atoms with E-state index in [4.69, 9.17) is 5.73 Å². The molecule has 0 spiro atoms. The predicted molar refractivity (Wildman–Crippen MR) is 66.1 cm³/mol. The Morgan fingerprint density at radius 1 is 1.41 bits per heavy atom. The average Bonchev–Trinajstić information content (AvgIpc) is 2.23. The van der Waals surface area contributed by atoms with Crippen LogP contribution in [0.3, 0.4) is 0 Å². The molecule has 94 valence electrons. The smallest absolute Gasteiger partial charge is 0.152 e. The van der Waals surface area contributed by atoms with Gasteiger partial charge < -0.3 is 11.1 Å². The molecule has 0 saturated carbocycles. The zero-order valence-corrected chi connectivity index (χ0v) is 10.1. The molecular formula is C11H15FN2O2S. The number of nitrogens with two attached hydrogens (primary N) is 1. The maximum atomic E-state index is 13.2. The van der Waals surface area contributed by atoms with Crippen molar-refractivity contribution in [3.63, 3.8) is 0 Å². The molecule has 1 saturated heterocycles. The second kappa shape index (κ2) is 4.52. The third-order valence-electron chi connectivity index (χ3n) is 2.88. The van der Waals surface area contributed by atoms with Gasteiger partial charge in [-0.05, 0) is 25.0 Å². The lowest BCUT2D eigenvalue weighted by Crippen LogP contribution is -2.35. The van der Waals surface area contributed by atoms with E-state index < -0.39 is 15.7 Å². The van der Waals surface area contributed by atoms with Gasteiger partial charge in [0.05, 0.1) is 22.9 Å². The molecule has 1 unspecified atom stereocenters. The molecule has 0 amide bonds. The van der Waals surface area contributed by atoms with Crippen LogP contribution in [0, 0.1) is 5.82 Å². The number of benzene rings is 1. The Bertz CT molecular complexity index is 516. The van der Waals surface area contributed by atoms with Crippen molar-refractivity contribution in [2.75, 3.05) is 22.6 Å². The summed E-state index contributed by atoms with van der Waals surface area (Å²) < 4.78 is 36.1. The quantitative estimate of drug-likeness (QED) is 0.786. The Hall–Kier alpha value is -1.30. The minimum absolute atomic E-state index is 0.0375. The van der Waals surface area contributed by atoms with Crippen molar-refractivity contribution in [1.29, 1.82) is 0 Å². The van der Waals surface area contributed by atoms with Crippen molar-refractivity contribution < 1.29 is 12.8 Å². The summed E-state index contributed by atoms with van der Waals surface area (Å²) in [6.07, 6.45) is 1.39. The zero-order valence-electron chi connectivity index (χ0n) is 9.32. The van der Waals surface area contributed by atoms with E-state index in [1.165, 1.54) is 6.07 Å². The van der Waals surface area contributed by atoms with Crippen LogP contribution in [-0.4, -0.2) is 26.0 Å². The second-order valence-corrected chi connectivity index (χ2v) is 6.53. The second-order valence-electron chi connectivity index (χ2n) is 4.30. The molecular weight excluding hydrogens is 243 g/mol. The largest absolute Gasteiger partial charge is 0.395 e. The molecule has 1 aromatic rings. The highest BCUT2D eigenvalue weighted by Gasteiger charge is 2.25. The van der Waals surface area contributed by atoms with Gasteiger partial charge in [-0.15, -0.1) is 0 Å². The number of nitrogens with one attached hydrogen (secondary N) is 1. The van der Waals surface area contributed by atoms with Crippen LogP contribution in [0.2, 0.25) is 0 Å². The van der Waals surface area contributed by atoms with E-state index >= 15 is 0 Å². The van der Waals surface area contributed by atoms with Gasteiger partial charge >= 0.3 is 0 Å². The molecule has 4 nitrogen and oxygen atoms in total. The van der Waals surface area contributed by atoms with Crippen LogP contribution in [0.5, 0.6) is 0 Å². The van der Waals surface area contributed by atoms with E-state index in [0.717, 1.165) is 6.42 Å². The number of hydrogen-bond donors (Lipinski definition) is 2. The van der Waals surface area contributed by atoms with Crippen molar-refractivity contribution >= 4 is 21.2 Å². The minimum Gasteiger partial charge on any atom is -0.395 e. The maximum absolute atomic E-state index is 13.2. The van der Waals surface area contributed by atoms with E-state index in [1.807, 2.05) is 0 Å². The highest BCUT2D eigenvalue weighted by molar-refractivity contribution is 7.91. The van der Waals surface area contributed by atoms with Gasteiger partial charge in [-0.2, -0.15) is 0 Å². The summed E-state index contributed by atoms with van der Waals surface area (Å²) in [4.78, 5) is 0. The Balaban J connectivity index is 2.13. The van der Waals surface area contributed by atoms with Gasteiger partial charge in [-0.25, -0.2) is 12.8 Å². The topological polar surface area (TPSA) is 72.2 Å². The number of anilines is 2. The summed E-state index contributed by atoms with van der Waals surface area (Å²) in [6, 6.07) is 4.29. The molecule has 1 aliphatic heterocycles. The van der Waals surface area contributed by atoms with E-state index in [2.05, 4.69) is 5.32 Å². The van der Waals surface area contributed by atoms with Crippen LogP contribution in [0.4, 0.5) is 15.8 Å². The van der Waals surface area contributed by atoms with Crippen LogP contribution in [0.15, 0.2) is 18.2 Å². The fourth-order valence-corrected chi connectivity index (χ4v) is 3.66. The van der Waals surface area contributed by atoms with Crippen LogP contribution >= 0.6 is 0 Å². The third-order valence-corrected chi connectivity index (χ3v) is 4.70. The molecule has 1 fully saturated rings. The SMILES string of the molecule is Nc1c(F)cccc1NC1CCCS(=O)(=O)C1. The first-order valence-corrected chi connectivity index (χ1v) is 7.31. The van der Waals surface area contributed by atoms with Gasteiger partial charge in [0.25, 0.3) is 0 Å². The van der Waals surface area contributed by atoms with Crippen LogP contribution in [0.1, 0.15) is 12.8 Å². The standard InChI is InChI=1S/C11H15FN2O2S/c12-9-4-1-5-10(11(9)13)14-8-3-2-6-17(15,16)7-8/h1,4-5,8,14H,2-3,6-7,13H2. The monoisotopic (exact) mass is 258 g/mol. The first kappa shape index (κ1) is 12.2. The number of rotatable bonds is 2. The van der Waals surface area contributed by atoms with Crippen molar-refractivity contribution in [2.45, 2.75) is 18.9 Å². The van der Waals surface area contributed by atoms with Gasteiger partial charge in [0.2, 0.25) is 0 Å². The number of hydrogen-bond acceptors (Lipinski definition) is 4. The molecule has 6 heteroatoms. The Morgan fingerprint density at radius 2 is 2.18 bits per heavy atom. The highest BCUT2D eigenvalue weighted by Crippen LogP contribution is 2.24. The van der Waals surface area contributed by atoms with Crippen LogP contribution in [-0.2, 0) is 9.84 Å². The number of para-hydroxylation sites is 1. The molecule has 2 rings (SSSR count). The average molecular weight is 258 g/mol. The molecule has 1 heterocycles. The van der Waals surface area contributed by atoms with E-state index in [-0.39, 0.29) is 23.2 Å². The lowest BCUT2D eigenvalue weighted by atomic mass is 10.1. The minimum atomic E-state index is -2.97. The first-order chi connectivity index (χ1) is 7.98. The van der Waals surface area contributed by atoms with Crippen LogP contribution < -0.4 is 11.1 Å². The first-order valence-electron chi connectivity index (χ1n) is 5.49. The molecule has 1 aromatic carbocycles. The van der Waals surface area contributed by atoms with Gasteiger partial charge in [0.15, 0.2) is 9.84 Å². The Morgan fingerprint density at radius 3 is 2.88 bits per heavy atom. The lowest BCUT2D eigenvalue weighted by molar-refractivity contribution is 0.562. The molecule has 0 aliphatic carbocycles. The molecule has 3 N–H and O–H groups in total. The molecule has 0 aromatic heterocycles. The maximum Gasteiger partial charge on any atom is 0.152 e. The van der Waals surface area contributed by atoms with Gasteiger partial charge in [-0.1, -0.05) is 6.07 Å². The summed E-state index contributed by atoms with van der Waals surface area (Å²) in [5.74, 6) is -0.166. The van der Waals surface area contributed by atoms with Crippen molar-refractivity contribution in [2.24, 2.45) is 0 Å². The third kappa shape index (κ3) is 2.88. The fourth-order valence-electron chi connectivity index (χ4n) is 2.02. The molecule has 1 atom stereocenters. The van der Waals surface area contributed by atoms with Crippen molar-refractivity contribution in [1.82, 2.24) is 0 Å².